The number of hydrogen-bond donors (Lipinski definition) is 2. The summed E-state index contributed by atoms with van der Waals surface area (Å²) < 4.78 is 0. The lowest BCUT2D eigenvalue weighted by Gasteiger charge is -2.35. The van der Waals surface area contributed by atoms with Crippen LogP contribution in [0.2, 0.25) is 0 Å². The van der Waals surface area contributed by atoms with Gasteiger partial charge < -0.3 is 10.6 Å². The molecule has 3 rings (SSSR count). The van der Waals surface area contributed by atoms with E-state index in [-0.39, 0.29) is 10.6 Å². The van der Waals surface area contributed by atoms with Crippen molar-refractivity contribution in [3.05, 3.63) is 34.4 Å². The Hall–Kier alpha value is -1.66. The lowest BCUT2D eigenvalue weighted by molar-refractivity contribution is -0.384. The summed E-state index contributed by atoms with van der Waals surface area (Å²) in [7, 11) is 0. The highest BCUT2D eigenvalue weighted by molar-refractivity contribution is 5.48. The van der Waals surface area contributed by atoms with Gasteiger partial charge in [-0.3, -0.25) is 15.0 Å². The zero-order valence-electron chi connectivity index (χ0n) is 11.4. The van der Waals surface area contributed by atoms with E-state index in [0.717, 1.165) is 37.9 Å². The fraction of sp³-hybridized carbons (Fsp3) is 0.571. The van der Waals surface area contributed by atoms with Crippen LogP contribution in [0.1, 0.15) is 6.42 Å². The number of non-ortho nitro benzene ring substituents is 1. The fourth-order valence-corrected chi connectivity index (χ4v) is 2.86. The van der Waals surface area contributed by atoms with E-state index in [1.165, 1.54) is 13.0 Å². The van der Waals surface area contributed by atoms with Crippen molar-refractivity contribution in [1.82, 2.24) is 10.2 Å². The quantitative estimate of drug-likeness (QED) is 0.626. The standard InChI is InChI=1S/C14H20N4O2/c19-18(20)13-3-1-12(2-4-13)16-7-11-5-6-17(10-11)14-8-15-9-14/h1-4,11,14-16H,5-10H2. The second-order valence-electron chi connectivity index (χ2n) is 5.65. The monoisotopic (exact) mass is 276 g/mol. The first-order chi connectivity index (χ1) is 9.72. The maximum absolute atomic E-state index is 10.6. The third-order valence-corrected chi connectivity index (χ3v) is 4.27. The summed E-state index contributed by atoms with van der Waals surface area (Å²) in [6.45, 7) is 5.55. The smallest absolute Gasteiger partial charge is 0.269 e. The van der Waals surface area contributed by atoms with Crippen LogP contribution in [0.4, 0.5) is 11.4 Å². The van der Waals surface area contributed by atoms with E-state index in [2.05, 4.69) is 15.5 Å². The van der Waals surface area contributed by atoms with Crippen molar-refractivity contribution < 1.29 is 4.92 Å². The predicted molar refractivity (Wildman–Crippen MR) is 77.9 cm³/mol. The van der Waals surface area contributed by atoms with Gasteiger partial charge in [0, 0.05) is 50.0 Å². The van der Waals surface area contributed by atoms with Gasteiger partial charge in [0.2, 0.25) is 0 Å². The summed E-state index contributed by atoms with van der Waals surface area (Å²) >= 11 is 0. The third-order valence-electron chi connectivity index (χ3n) is 4.27. The molecule has 6 nitrogen and oxygen atoms in total. The van der Waals surface area contributed by atoms with Gasteiger partial charge in [-0.05, 0) is 31.0 Å². The van der Waals surface area contributed by atoms with E-state index >= 15 is 0 Å². The zero-order valence-corrected chi connectivity index (χ0v) is 11.4. The Morgan fingerprint density at radius 2 is 2.10 bits per heavy atom. The summed E-state index contributed by atoms with van der Waals surface area (Å²) in [6.07, 6.45) is 1.23. The fourth-order valence-electron chi connectivity index (χ4n) is 2.86. The molecule has 2 aliphatic rings. The van der Waals surface area contributed by atoms with E-state index in [1.807, 2.05) is 0 Å². The molecule has 2 saturated heterocycles. The average Bonchev–Trinajstić information content (AvgIpc) is 2.83. The zero-order chi connectivity index (χ0) is 13.9. The molecule has 1 atom stereocenters. The number of likely N-dealkylation sites (tertiary alicyclic amines) is 1. The first-order valence-electron chi connectivity index (χ1n) is 7.15. The SMILES string of the molecule is O=[N+]([O-])c1ccc(NCC2CCN(C3CNC3)C2)cc1. The van der Waals surface area contributed by atoms with Crippen LogP contribution in [-0.4, -0.2) is 48.6 Å². The summed E-state index contributed by atoms with van der Waals surface area (Å²) in [5, 5.41) is 17.3. The number of nitrogens with zero attached hydrogens (tertiary/aromatic N) is 2. The van der Waals surface area contributed by atoms with Gasteiger partial charge in [0.1, 0.15) is 0 Å². The van der Waals surface area contributed by atoms with Gasteiger partial charge in [-0.1, -0.05) is 0 Å². The largest absolute Gasteiger partial charge is 0.385 e. The van der Waals surface area contributed by atoms with Crippen LogP contribution < -0.4 is 10.6 Å². The highest BCUT2D eigenvalue weighted by Crippen LogP contribution is 2.21. The molecule has 2 N–H and O–H groups in total. The van der Waals surface area contributed by atoms with Crippen molar-refractivity contribution in [3.8, 4) is 0 Å². The number of anilines is 1. The van der Waals surface area contributed by atoms with Crippen molar-refractivity contribution in [2.75, 3.05) is 38.0 Å². The Labute approximate surface area is 118 Å². The minimum Gasteiger partial charge on any atom is -0.385 e. The molecule has 20 heavy (non-hydrogen) atoms. The predicted octanol–water partition coefficient (Wildman–Crippen LogP) is 1.30. The molecule has 2 fully saturated rings. The van der Waals surface area contributed by atoms with Crippen LogP contribution in [0.25, 0.3) is 0 Å². The number of nitrogens with one attached hydrogen (secondary N) is 2. The van der Waals surface area contributed by atoms with Gasteiger partial charge in [-0.15, -0.1) is 0 Å². The molecule has 1 aromatic rings. The molecule has 0 saturated carbocycles. The van der Waals surface area contributed by atoms with Crippen LogP contribution >= 0.6 is 0 Å². The molecule has 0 spiro atoms. The molecule has 1 aromatic carbocycles. The van der Waals surface area contributed by atoms with Crippen molar-refractivity contribution in [2.45, 2.75) is 12.5 Å². The van der Waals surface area contributed by atoms with Crippen LogP contribution in [0.5, 0.6) is 0 Å². The molecular weight excluding hydrogens is 256 g/mol. The molecule has 0 radical (unpaired) electrons. The highest BCUT2D eigenvalue weighted by atomic mass is 16.6. The molecular formula is C14H20N4O2. The molecule has 2 aliphatic heterocycles. The first-order valence-corrected chi connectivity index (χ1v) is 7.15. The van der Waals surface area contributed by atoms with E-state index in [9.17, 15) is 10.1 Å². The van der Waals surface area contributed by atoms with Crippen LogP contribution in [0.15, 0.2) is 24.3 Å². The number of benzene rings is 1. The van der Waals surface area contributed by atoms with Crippen LogP contribution in [0, 0.1) is 16.0 Å². The minimum absolute atomic E-state index is 0.139. The highest BCUT2D eigenvalue weighted by Gasteiger charge is 2.30. The van der Waals surface area contributed by atoms with Crippen LogP contribution in [0.3, 0.4) is 0 Å². The van der Waals surface area contributed by atoms with E-state index in [0.29, 0.717) is 5.92 Å². The Morgan fingerprint density at radius 1 is 1.35 bits per heavy atom. The van der Waals surface area contributed by atoms with Gasteiger partial charge in [-0.25, -0.2) is 0 Å². The van der Waals surface area contributed by atoms with Crippen LogP contribution in [-0.2, 0) is 0 Å². The number of rotatable bonds is 5. The lowest BCUT2D eigenvalue weighted by Crippen LogP contribution is -2.56. The third kappa shape index (κ3) is 2.91. The topological polar surface area (TPSA) is 70.4 Å². The Balaban J connectivity index is 1.46. The average molecular weight is 276 g/mol. The normalized spacial score (nSPS) is 23.5. The molecule has 6 heteroatoms. The van der Waals surface area contributed by atoms with E-state index in [4.69, 9.17) is 0 Å². The Kier molecular flexibility index (Phi) is 3.84. The van der Waals surface area contributed by atoms with Gasteiger partial charge >= 0.3 is 0 Å². The van der Waals surface area contributed by atoms with Crippen molar-refractivity contribution >= 4 is 11.4 Å². The summed E-state index contributed by atoms with van der Waals surface area (Å²) in [4.78, 5) is 12.8. The Bertz CT molecular complexity index is 473. The van der Waals surface area contributed by atoms with Crippen molar-refractivity contribution in [1.29, 1.82) is 0 Å². The van der Waals surface area contributed by atoms with E-state index < -0.39 is 0 Å². The lowest BCUT2D eigenvalue weighted by atomic mass is 10.1. The first kappa shape index (κ1) is 13.3. The summed E-state index contributed by atoms with van der Waals surface area (Å²) in [6, 6.07) is 7.38. The number of nitro groups is 1. The second-order valence-corrected chi connectivity index (χ2v) is 5.65. The molecule has 1 unspecified atom stereocenters. The molecule has 0 aliphatic carbocycles. The second kappa shape index (κ2) is 5.76. The molecule has 0 bridgehead atoms. The van der Waals surface area contributed by atoms with Gasteiger partial charge in [0.15, 0.2) is 0 Å². The maximum Gasteiger partial charge on any atom is 0.269 e. The summed E-state index contributed by atoms with van der Waals surface area (Å²) in [5.74, 6) is 0.672. The van der Waals surface area contributed by atoms with E-state index in [1.54, 1.807) is 24.3 Å². The molecule has 2 heterocycles. The number of nitro benzene ring substituents is 1. The molecule has 108 valence electrons. The summed E-state index contributed by atoms with van der Waals surface area (Å²) in [5.41, 5.74) is 1.10. The minimum atomic E-state index is -0.370. The van der Waals surface area contributed by atoms with Gasteiger partial charge in [-0.2, -0.15) is 0 Å². The van der Waals surface area contributed by atoms with Crippen molar-refractivity contribution in [3.63, 3.8) is 0 Å². The molecule has 0 amide bonds. The Morgan fingerprint density at radius 3 is 2.70 bits per heavy atom. The molecule has 0 aromatic heterocycles. The van der Waals surface area contributed by atoms with Gasteiger partial charge in [0.05, 0.1) is 4.92 Å². The van der Waals surface area contributed by atoms with Gasteiger partial charge in [0.25, 0.3) is 5.69 Å². The maximum atomic E-state index is 10.6. The van der Waals surface area contributed by atoms with Crippen molar-refractivity contribution in [2.24, 2.45) is 5.92 Å². The number of hydrogen-bond acceptors (Lipinski definition) is 5.